The zero-order chi connectivity index (χ0) is 22.9. The zero-order valence-electron chi connectivity index (χ0n) is 18.3. The van der Waals surface area contributed by atoms with E-state index in [9.17, 15) is 9.59 Å². The number of aryl methyl sites for hydroxylation is 1. The van der Waals surface area contributed by atoms with E-state index in [1.165, 1.54) is 11.3 Å². The molecule has 1 N–H and O–H groups in total. The molecule has 0 spiro atoms. The molecule has 0 atom stereocenters. The summed E-state index contributed by atoms with van der Waals surface area (Å²) in [6.07, 6.45) is 2.93. The molecule has 0 bridgehead atoms. The largest absolute Gasteiger partial charge is 0.456 e. The van der Waals surface area contributed by atoms with Crippen molar-refractivity contribution >= 4 is 39.3 Å². The second kappa shape index (κ2) is 8.67. The fraction of sp³-hybridized carbons (Fsp3) is 0.250. The molecule has 8 nitrogen and oxygen atoms in total. The van der Waals surface area contributed by atoms with Gasteiger partial charge in [-0.1, -0.05) is 17.3 Å². The smallest absolute Gasteiger partial charge is 0.264 e. The standard InChI is InChI=1S/C24H22N4O4S/c1-14-15(2)27-32-23(14)26-21(29)12-16-4-6-17(7-5-16)31-19-8-9-25-18-13-20(33-22(18)19)24(30)28-10-3-11-28/h4-9,13H,3,10-12H2,1-2H3,(H,26,29). The van der Waals surface area contributed by atoms with E-state index in [2.05, 4.69) is 15.5 Å². The monoisotopic (exact) mass is 462 g/mol. The molecule has 168 valence electrons. The average Bonchev–Trinajstić information content (AvgIpc) is 3.34. The van der Waals surface area contributed by atoms with Crippen LogP contribution < -0.4 is 10.1 Å². The molecular weight excluding hydrogens is 440 g/mol. The summed E-state index contributed by atoms with van der Waals surface area (Å²) < 4.78 is 12.1. The number of benzene rings is 1. The molecule has 33 heavy (non-hydrogen) atoms. The van der Waals surface area contributed by atoms with Crippen molar-refractivity contribution in [1.82, 2.24) is 15.0 Å². The number of hydrogen-bond donors (Lipinski definition) is 1. The van der Waals surface area contributed by atoms with Gasteiger partial charge >= 0.3 is 0 Å². The maximum atomic E-state index is 12.6. The van der Waals surface area contributed by atoms with Crippen LogP contribution in [0.1, 0.15) is 32.9 Å². The molecule has 0 radical (unpaired) electrons. The highest BCUT2D eigenvalue weighted by Gasteiger charge is 2.24. The third-order valence-corrected chi connectivity index (χ3v) is 6.78. The number of carbonyl (C=O) groups is 2. The van der Waals surface area contributed by atoms with Crippen molar-refractivity contribution in [3.05, 3.63) is 64.3 Å². The number of rotatable bonds is 6. The number of nitrogens with zero attached hydrogens (tertiary/aromatic N) is 3. The Balaban J connectivity index is 1.27. The molecule has 1 saturated heterocycles. The quantitative estimate of drug-likeness (QED) is 0.445. The average molecular weight is 463 g/mol. The first-order valence-electron chi connectivity index (χ1n) is 10.7. The highest BCUT2D eigenvalue weighted by molar-refractivity contribution is 7.21. The number of thiophene rings is 1. The molecule has 3 aromatic heterocycles. The molecule has 0 saturated carbocycles. The second-order valence-corrected chi connectivity index (χ2v) is 9.03. The van der Waals surface area contributed by atoms with Gasteiger partial charge in [0.2, 0.25) is 11.8 Å². The van der Waals surface area contributed by atoms with Crippen LogP contribution >= 0.6 is 11.3 Å². The molecule has 5 rings (SSSR count). The second-order valence-electron chi connectivity index (χ2n) is 7.97. The number of hydrogen-bond acceptors (Lipinski definition) is 7. The number of anilines is 1. The van der Waals surface area contributed by atoms with Crippen molar-refractivity contribution in [2.75, 3.05) is 18.4 Å². The number of fused-ring (bicyclic) bond motifs is 1. The number of carbonyl (C=O) groups excluding carboxylic acids is 2. The summed E-state index contributed by atoms with van der Waals surface area (Å²) >= 11 is 1.40. The normalized spacial score (nSPS) is 13.1. The summed E-state index contributed by atoms with van der Waals surface area (Å²) in [7, 11) is 0. The Bertz CT molecular complexity index is 1340. The van der Waals surface area contributed by atoms with Crippen molar-refractivity contribution in [3.8, 4) is 11.5 Å². The van der Waals surface area contributed by atoms with Crippen LogP contribution in [0.25, 0.3) is 10.2 Å². The number of amides is 2. The summed E-state index contributed by atoms with van der Waals surface area (Å²) in [5.74, 6) is 1.53. The van der Waals surface area contributed by atoms with E-state index >= 15 is 0 Å². The predicted molar refractivity (Wildman–Crippen MR) is 125 cm³/mol. The molecule has 4 aromatic rings. The molecule has 0 unspecified atom stereocenters. The van der Waals surface area contributed by atoms with Crippen LogP contribution in [0.4, 0.5) is 5.88 Å². The van der Waals surface area contributed by atoms with Gasteiger partial charge in [0.1, 0.15) is 11.5 Å². The molecular formula is C24H22N4O4S. The number of ether oxygens (including phenoxy) is 1. The first kappa shape index (κ1) is 21.1. The Morgan fingerprint density at radius 1 is 1.18 bits per heavy atom. The van der Waals surface area contributed by atoms with Crippen LogP contribution in [0.5, 0.6) is 11.5 Å². The van der Waals surface area contributed by atoms with E-state index in [0.717, 1.165) is 46.5 Å². The minimum absolute atomic E-state index is 0.0495. The van der Waals surface area contributed by atoms with Gasteiger partial charge in [-0.05, 0) is 44.0 Å². The number of aromatic nitrogens is 2. The van der Waals surface area contributed by atoms with E-state index in [1.54, 1.807) is 12.3 Å². The van der Waals surface area contributed by atoms with Crippen LogP contribution in [0.3, 0.4) is 0 Å². The van der Waals surface area contributed by atoms with E-state index < -0.39 is 0 Å². The van der Waals surface area contributed by atoms with Gasteiger partial charge in [-0.3, -0.25) is 19.9 Å². The Labute approximate surface area is 194 Å². The molecule has 2 amide bonds. The molecule has 1 fully saturated rings. The summed E-state index contributed by atoms with van der Waals surface area (Å²) in [6.45, 7) is 5.30. The van der Waals surface area contributed by atoms with Crippen LogP contribution in [0.15, 0.2) is 47.1 Å². The molecule has 1 aromatic carbocycles. The van der Waals surface area contributed by atoms with E-state index in [4.69, 9.17) is 9.26 Å². The van der Waals surface area contributed by atoms with Crippen LogP contribution in [-0.2, 0) is 11.2 Å². The minimum Gasteiger partial charge on any atom is -0.456 e. The molecule has 4 heterocycles. The van der Waals surface area contributed by atoms with E-state index in [-0.39, 0.29) is 18.2 Å². The SMILES string of the molecule is Cc1noc(NC(=O)Cc2ccc(Oc3ccnc4cc(C(=O)N5CCC5)sc34)cc2)c1C. The van der Waals surface area contributed by atoms with Gasteiger partial charge in [0, 0.05) is 30.9 Å². The first-order chi connectivity index (χ1) is 16.0. The molecule has 1 aliphatic rings. The van der Waals surface area contributed by atoms with Gasteiger partial charge in [0.25, 0.3) is 5.91 Å². The lowest BCUT2D eigenvalue weighted by Gasteiger charge is -2.30. The molecule has 1 aliphatic heterocycles. The van der Waals surface area contributed by atoms with E-state index in [0.29, 0.717) is 22.3 Å². The highest BCUT2D eigenvalue weighted by atomic mass is 32.1. The number of likely N-dealkylation sites (tertiary alicyclic amines) is 1. The van der Waals surface area contributed by atoms with Crippen LogP contribution in [0, 0.1) is 13.8 Å². The Morgan fingerprint density at radius 3 is 2.64 bits per heavy atom. The number of pyridine rings is 1. The Hall–Kier alpha value is -3.72. The summed E-state index contributed by atoms with van der Waals surface area (Å²) in [5.41, 5.74) is 3.15. The van der Waals surface area contributed by atoms with Gasteiger partial charge in [0.15, 0.2) is 0 Å². The lowest BCUT2D eigenvalue weighted by Crippen LogP contribution is -2.41. The highest BCUT2D eigenvalue weighted by Crippen LogP contribution is 2.35. The van der Waals surface area contributed by atoms with Gasteiger partial charge in [0.05, 0.1) is 27.2 Å². The van der Waals surface area contributed by atoms with Gasteiger partial charge in [-0.25, -0.2) is 0 Å². The topological polar surface area (TPSA) is 97.6 Å². The summed E-state index contributed by atoms with van der Waals surface area (Å²) in [4.78, 5) is 31.8. The zero-order valence-corrected chi connectivity index (χ0v) is 19.1. The molecule has 0 aliphatic carbocycles. The third kappa shape index (κ3) is 4.31. The summed E-state index contributed by atoms with van der Waals surface area (Å²) in [6, 6.07) is 10.9. The van der Waals surface area contributed by atoms with Crippen molar-refractivity contribution < 1.29 is 18.8 Å². The minimum atomic E-state index is -0.184. The van der Waals surface area contributed by atoms with Gasteiger partial charge in [-0.15, -0.1) is 11.3 Å². The van der Waals surface area contributed by atoms with Gasteiger partial charge in [-0.2, -0.15) is 0 Å². The maximum absolute atomic E-state index is 12.6. The van der Waals surface area contributed by atoms with Crippen molar-refractivity contribution in [3.63, 3.8) is 0 Å². The van der Waals surface area contributed by atoms with Crippen LogP contribution in [0.2, 0.25) is 0 Å². The van der Waals surface area contributed by atoms with E-state index in [1.807, 2.05) is 49.1 Å². The predicted octanol–water partition coefficient (Wildman–Crippen LogP) is 4.72. The third-order valence-electron chi connectivity index (χ3n) is 5.66. The summed E-state index contributed by atoms with van der Waals surface area (Å²) in [5, 5.41) is 6.59. The van der Waals surface area contributed by atoms with Crippen molar-refractivity contribution in [2.45, 2.75) is 26.7 Å². The van der Waals surface area contributed by atoms with Crippen molar-refractivity contribution in [1.29, 1.82) is 0 Å². The van der Waals surface area contributed by atoms with Crippen LogP contribution in [-0.4, -0.2) is 39.9 Å². The lowest BCUT2D eigenvalue weighted by molar-refractivity contribution is -0.115. The Morgan fingerprint density at radius 2 is 1.97 bits per heavy atom. The molecule has 9 heteroatoms. The fourth-order valence-electron chi connectivity index (χ4n) is 3.47. The number of nitrogens with one attached hydrogen (secondary N) is 1. The first-order valence-corrected chi connectivity index (χ1v) is 11.5. The Kier molecular flexibility index (Phi) is 5.55. The fourth-order valence-corrected chi connectivity index (χ4v) is 4.50. The lowest BCUT2D eigenvalue weighted by atomic mass is 10.1. The van der Waals surface area contributed by atoms with Crippen molar-refractivity contribution in [2.24, 2.45) is 0 Å². The maximum Gasteiger partial charge on any atom is 0.264 e. The van der Waals surface area contributed by atoms with Gasteiger partial charge < -0.3 is 14.2 Å².